The van der Waals surface area contributed by atoms with Gasteiger partial charge in [0.1, 0.15) is 5.75 Å². The lowest BCUT2D eigenvalue weighted by Gasteiger charge is -2.12. The number of aromatic hydroxyl groups is 1. The van der Waals surface area contributed by atoms with E-state index in [2.05, 4.69) is 17.2 Å². The largest absolute Gasteiger partial charge is 0.513 e. The minimum absolute atomic E-state index is 0.0322. The minimum atomic E-state index is -0.718. The summed E-state index contributed by atoms with van der Waals surface area (Å²) in [6.45, 7) is 3.67. The van der Waals surface area contributed by atoms with E-state index in [0.717, 1.165) is 18.2 Å². The molecule has 0 saturated heterocycles. The van der Waals surface area contributed by atoms with Crippen LogP contribution in [0, 0.1) is 10.1 Å². The number of aliphatic hydroxyl groups excluding tert-OH is 1. The second-order valence-electron chi connectivity index (χ2n) is 5.88. The summed E-state index contributed by atoms with van der Waals surface area (Å²) in [5, 5.41) is 34.8. The van der Waals surface area contributed by atoms with Crippen molar-refractivity contribution in [2.75, 3.05) is 11.9 Å². The number of hydrogen-bond acceptors (Lipinski definition) is 6. The molecule has 0 aromatic heterocycles. The molecule has 0 bridgehead atoms. The first-order chi connectivity index (χ1) is 13.3. The third-order valence-electron chi connectivity index (χ3n) is 3.78. The number of nitrogens with zero attached hydrogens (tertiary/aromatic N) is 1. The van der Waals surface area contributed by atoms with Crippen LogP contribution in [0.3, 0.4) is 0 Å². The Labute approximate surface area is 160 Å². The van der Waals surface area contributed by atoms with E-state index in [0.29, 0.717) is 19.4 Å². The van der Waals surface area contributed by atoms with Crippen molar-refractivity contribution in [3.05, 3.63) is 76.0 Å². The van der Waals surface area contributed by atoms with Gasteiger partial charge in [-0.1, -0.05) is 18.7 Å². The van der Waals surface area contributed by atoms with Crippen molar-refractivity contribution >= 4 is 23.2 Å². The van der Waals surface area contributed by atoms with Crippen molar-refractivity contribution in [1.82, 2.24) is 5.32 Å². The van der Waals surface area contributed by atoms with Gasteiger partial charge in [0.25, 0.3) is 17.5 Å². The Hall–Kier alpha value is -3.88. The van der Waals surface area contributed by atoms with Gasteiger partial charge < -0.3 is 20.8 Å². The normalized spacial score (nSPS) is 10.1. The number of benzene rings is 2. The molecule has 2 aromatic carbocycles. The summed E-state index contributed by atoms with van der Waals surface area (Å²) in [5.74, 6) is -1.65. The summed E-state index contributed by atoms with van der Waals surface area (Å²) < 4.78 is 0. The Kier molecular flexibility index (Phi) is 6.69. The highest BCUT2D eigenvalue weighted by atomic mass is 16.6. The molecule has 2 rings (SSSR count). The van der Waals surface area contributed by atoms with Crippen LogP contribution in [-0.4, -0.2) is 33.5 Å². The predicted octanol–water partition coefficient (Wildman–Crippen LogP) is 3.13. The standard InChI is InChI=1S/C19H19N3O6/c1-12(23)5-4-10-20-18(25)14-6-2-3-7-16(14)21-19(26)15-9-8-13(22(27)28)11-17(15)24/h2-3,6-9,11,23-24H,1,4-5,10H2,(H,20,25)(H,21,26). The number of nitrogens with one attached hydrogen (secondary N) is 2. The highest BCUT2D eigenvalue weighted by Gasteiger charge is 2.18. The number of carbonyl (C=O) groups excluding carboxylic acids is 2. The molecule has 146 valence electrons. The van der Waals surface area contributed by atoms with Crippen molar-refractivity contribution in [1.29, 1.82) is 0 Å². The molecule has 2 amide bonds. The van der Waals surface area contributed by atoms with E-state index in [4.69, 9.17) is 5.11 Å². The van der Waals surface area contributed by atoms with Gasteiger partial charge in [-0.15, -0.1) is 0 Å². The molecule has 0 radical (unpaired) electrons. The zero-order valence-corrected chi connectivity index (χ0v) is 14.8. The maximum absolute atomic E-state index is 12.4. The van der Waals surface area contributed by atoms with Crippen molar-refractivity contribution in [2.24, 2.45) is 0 Å². The summed E-state index contributed by atoms with van der Waals surface area (Å²) in [5.41, 5.74) is -0.0870. The number of allylic oxidation sites excluding steroid dienone is 1. The number of amides is 2. The molecule has 0 heterocycles. The van der Waals surface area contributed by atoms with E-state index in [1.165, 1.54) is 12.1 Å². The molecule has 0 atom stereocenters. The van der Waals surface area contributed by atoms with Gasteiger partial charge in [0.2, 0.25) is 0 Å². The van der Waals surface area contributed by atoms with E-state index in [1.807, 2.05) is 0 Å². The first-order valence-electron chi connectivity index (χ1n) is 8.32. The lowest BCUT2D eigenvalue weighted by Crippen LogP contribution is -2.26. The average molecular weight is 385 g/mol. The average Bonchev–Trinajstić information content (AvgIpc) is 2.65. The summed E-state index contributed by atoms with van der Waals surface area (Å²) in [4.78, 5) is 34.8. The first kappa shape index (κ1) is 20.4. The van der Waals surface area contributed by atoms with E-state index >= 15 is 0 Å². The molecule has 0 aliphatic rings. The second kappa shape index (κ2) is 9.17. The van der Waals surface area contributed by atoms with Crippen molar-refractivity contribution in [3.8, 4) is 5.75 Å². The Morgan fingerprint density at radius 3 is 2.46 bits per heavy atom. The number of nitro groups is 1. The quantitative estimate of drug-likeness (QED) is 0.238. The predicted molar refractivity (Wildman–Crippen MR) is 102 cm³/mol. The van der Waals surface area contributed by atoms with Crippen molar-refractivity contribution in [2.45, 2.75) is 12.8 Å². The van der Waals surface area contributed by atoms with E-state index in [1.54, 1.807) is 12.1 Å². The summed E-state index contributed by atoms with van der Waals surface area (Å²) in [6, 6.07) is 9.40. The van der Waals surface area contributed by atoms with Crippen LogP contribution in [0.15, 0.2) is 54.8 Å². The van der Waals surface area contributed by atoms with Crippen LogP contribution < -0.4 is 10.6 Å². The van der Waals surface area contributed by atoms with Crippen LogP contribution in [0.2, 0.25) is 0 Å². The summed E-state index contributed by atoms with van der Waals surface area (Å²) in [6.07, 6.45) is 0.865. The molecular weight excluding hydrogens is 366 g/mol. The molecule has 9 heteroatoms. The Bertz CT molecular complexity index is 926. The zero-order chi connectivity index (χ0) is 20.7. The molecule has 0 fully saturated rings. The molecule has 2 aromatic rings. The highest BCUT2D eigenvalue weighted by Crippen LogP contribution is 2.25. The fourth-order valence-corrected chi connectivity index (χ4v) is 2.39. The van der Waals surface area contributed by atoms with Crippen LogP contribution in [-0.2, 0) is 0 Å². The summed E-state index contributed by atoms with van der Waals surface area (Å²) in [7, 11) is 0. The molecule has 0 unspecified atom stereocenters. The number of para-hydroxylation sites is 1. The Morgan fingerprint density at radius 1 is 1.11 bits per heavy atom. The first-order valence-corrected chi connectivity index (χ1v) is 8.32. The van der Waals surface area contributed by atoms with Gasteiger partial charge in [-0.3, -0.25) is 19.7 Å². The SMILES string of the molecule is C=C(O)CCCNC(=O)c1ccccc1NC(=O)c1ccc([N+](=O)[O-])cc1O. The minimum Gasteiger partial charge on any atom is -0.513 e. The number of rotatable bonds is 8. The van der Waals surface area contributed by atoms with Gasteiger partial charge in [0, 0.05) is 19.0 Å². The van der Waals surface area contributed by atoms with Gasteiger partial charge in [-0.05, 0) is 24.6 Å². The molecule has 0 saturated carbocycles. The maximum Gasteiger partial charge on any atom is 0.273 e. The van der Waals surface area contributed by atoms with Gasteiger partial charge in [-0.25, -0.2) is 0 Å². The third kappa shape index (κ3) is 5.31. The van der Waals surface area contributed by atoms with E-state index < -0.39 is 22.5 Å². The Morgan fingerprint density at radius 2 is 1.82 bits per heavy atom. The fraction of sp³-hybridized carbons (Fsp3) is 0.158. The van der Waals surface area contributed by atoms with Gasteiger partial charge in [0.05, 0.1) is 33.6 Å². The Balaban J connectivity index is 2.12. The van der Waals surface area contributed by atoms with Gasteiger partial charge >= 0.3 is 0 Å². The van der Waals surface area contributed by atoms with Crippen molar-refractivity contribution < 1.29 is 24.7 Å². The molecule has 0 spiro atoms. The van der Waals surface area contributed by atoms with E-state index in [-0.39, 0.29) is 28.3 Å². The monoisotopic (exact) mass is 385 g/mol. The van der Waals surface area contributed by atoms with E-state index in [9.17, 15) is 24.8 Å². The van der Waals surface area contributed by atoms with Crippen LogP contribution in [0.5, 0.6) is 5.75 Å². The number of carbonyl (C=O) groups is 2. The number of non-ortho nitro benzene ring substituents is 1. The molecule has 0 aliphatic heterocycles. The number of phenolic OH excluding ortho intramolecular Hbond substituents is 1. The molecule has 28 heavy (non-hydrogen) atoms. The topological polar surface area (TPSA) is 142 Å². The zero-order valence-electron chi connectivity index (χ0n) is 14.8. The van der Waals surface area contributed by atoms with Crippen LogP contribution in [0.25, 0.3) is 0 Å². The van der Waals surface area contributed by atoms with Gasteiger partial charge in [0.15, 0.2) is 0 Å². The smallest absolute Gasteiger partial charge is 0.273 e. The molecule has 0 aliphatic carbocycles. The van der Waals surface area contributed by atoms with Crippen molar-refractivity contribution in [3.63, 3.8) is 0 Å². The van der Waals surface area contributed by atoms with Crippen LogP contribution >= 0.6 is 0 Å². The number of hydrogen-bond donors (Lipinski definition) is 4. The summed E-state index contributed by atoms with van der Waals surface area (Å²) >= 11 is 0. The molecule has 9 nitrogen and oxygen atoms in total. The number of aliphatic hydroxyl groups is 1. The highest BCUT2D eigenvalue weighted by molar-refractivity contribution is 6.10. The number of nitro benzene ring substituents is 1. The maximum atomic E-state index is 12.4. The van der Waals surface area contributed by atoms with Crippen LogP contribution in [0.1, 0.15) is 33.6 Å². The molecular formula is C19H19N3O6. The fourth-order valence-electron chi connectivity index (χ4n) is 2.39. The lowest BCUT2D eigenvalue weighted by molar-refractivity contribution is -0.384. The van der Waals surface area contributed by atoms with Gasteiger partial charge in [-0.2, -0.15) is 0 Å². The third-order valence-corrected chi connectivity index (χ3v) is 3.78. The number of phenols is 1. The van der Waals surface area contributed by atoms with Crippen LogP contribution in [0.4, 0.5) is 11.4 Å². The number of anilines is 1. The lowest BCUT2D eigenvalue weighted by atomic mass is 10.1. The molecule has 4 N–H and O–H groups in total. The second-order valence-corrected chi connectivity index (χ2v) is 5.88.